The molecule has 1 aliphatic rings. The Morgan fingerprint density at radius 2 is 1.80 bits per heavy atom. The second-order valence-corrected chi connectivity index (χ2v) is 7.13. The minimum absolute atomic E-state index is 0.217. The molecule has 15 heavy (non-hydrogen) atoms. The Morgan fingerprint density at radius 1 is 1.20 bits per heavy atom. The summed E-state index contributed by atoms with van der Waals surface area (Å²) in [5.41, 5.74) is -0.217. The lowest BCUT2D eigenvalue weighted by atomic mass is 10.0. The van der Waals surface area contributed by atoms with E-state index < -0.39 is 13.5 Å². The molecular weight excluding hydrogens is 207 g/mol. The molecule has 0 aromatic heterocycles. The lowest BCUT2D eigenvalue weighted by Crippen LogP contribution is -2.25. The lowest BCUT2D eigenvalue weighted by Gasteiger charge is -2.23. The van der Waals surface area contributed by atoms with Crippen LogP contribution in [-0.4, -0.2) is 16.0 Å². The third kappa shape index (κ3) is 2.23. The van der Waals surface area contributed by atoms with Gasteiger partial charge in [0.25, 0.3) is 0 Å². The zero-order valence-electron chi connectivity index (χ0n) is 9.40. The van der Waals surface area contributed by atoms with E-state index in [1.54, 1.807) is 0 Å². The van der Waals surface area contributed by atoms with Crippen LogP contribution in [0.1, 0.15) is 27.2 Å². The summed E-state index contributed by atoms with van der Waals surface area (Å²) >= 11 is 0. The van der Waals surface area contributed by atoms with E-state index in [0.29, 0.717) is 6.42 Å². The fourth-order valence-electron chi connectivity index (χ4n) is 2.15. The predicted molar refractivity (Wildman–Crippen MR) is 63.4 cm³/mol. The first-order valence-electron chi connectivity index (χ1n) is 5.18. The summed E-state index contributed by atoms with van der Waals surface area (Å²) in [6.07, 6.45) is 0.695. The molecule has 0 amide bonds. The first-order valence-corrected chi connectivity index (χ1v) is 6.43. The fraction of sp³-hybridized carbons (Fsp3) is 0.500. The maximum atomic E-state index is 10.3. The average Bonchev–Trinajstić information content (AvgIpc) is 2.36. The molecule has 82 valence electrons. The van der Waals surface area contributed by atoms with Gasteiger partial charge >= 0.3 is 0 Å². The van der Waals surface area contributed by atoms with E-state index in [-0.39, 0.29) is 5.60 Å². The van der Waals surface area contributed by atoms with Gasteiger partial charge in [-0.15, -0.1) is 0 Å². The molecule has 1 fully saturated rings. The summed E-state index contributed by atoms with van der Waals surface area (Å²) in [5.74, 6) is 0. The highest BCUT2D eigenvalue weighted by Gasteiger charge is 2.48. The van der Waals surface area contributed by atoms with Crippen molar-refractivity contribution in [3.05, 3.63) is 30.3 Å². The highest BCUT2D eigenvalue weighted by Crippen LogP contribution is 2.60. The molecule has 2 atom stereocenters. The Balaban J connectivity index is 2.31. The Labute approximate surface area is 92.1 Å². The molecule has 1 aromatic carbocycles. The van der Waals surface area contributed by atoms with Gasteiger partial charge in [0.15, 0.2) is 0 Å². The number of rotatable bonds is 1. The van der Waals surface area contributed by atoms with Gasteiger partial charge in [0, 0.05) is 11.7 Å². The van der Waals surface area contributed by atoms with Gasteiger partial charge < -0.3 is 9.63 Å². The van der Waals surface area contributed by atoms with E-state index in [1.807, 2.05) is 51.1 Å². The van der Waals surface area contributed by atoms with Gasteiger partial charge in [0.05, 0.1) is 13.7 Å². The van der Waals surface area contributed by atoms with Crippen molar-refractivity contribution in [2.45, 2.75) is 38.1 Å². The molecule has 3 heteroatoms. The molecule has 2 unspecified atom stereocenters. The van der Waals surface area contributed by atoms with Gasteiger partial charge in [-0.1, -0.05) is 30.3 Å². The molecule has 1 aliphatic heterocycles. The van der Waals surface area contributed by atoms with Crippen molar-refractivity contribution in [3.63, 3.8) is 0 Å². The number of hydrogen-bond acceptors (Lipinski definition) is 2. The zero-order chi connectivity index (χ0) is 11.1. The first kappa shape index (κ1) is 11.1. The molecule has 1 heterocycles. The number of hydrogen-bond donors (Lipinski definition) is 1. The molecule has 1 N–H and O–H groups in total. The van der Waals surface area contributed by atoms with Gasteiger partial charge in [-0.3, -0.25) is 0 Å². The van der Waals surface area contributed by atoms with Crippen molar-refractivity contribution in [2.24, 2.45) is 0 Å². The molecule has 0 saturated carbocycles. The van der Waals surface area contributed by atoms with Crippen LogP contribution in [0.25, 0.3) is 0 Å². The highest BCUT2D eigenvalue weighted by molar-refractivity contribution is 7.62. The smallest absolute Gasteiger partial charge is 0.112 e. The minimum atomic E-state index is -0.916. The lowest BCUT2D eigenvalue weighted by molar-refractivity contribution is 0.0933. The predicted octanol–water partition coefficient (Wildman–Crippen LogP) is 2.62. The average molecular weight is 224 g/mol. The van der Waals surface area contributed by atoms with Gasteiger partial charge in [-0.05, 0) is 20.8 Å². The van der Waals surface area contributed by atoms with Crippen LogP contribution in [0.5, 0.6) is 0 Å². The molecule has 0 aliphatic carbocycles. The van der Waals surface area contributed by atoms with E-state index in [1.165, 1.54) is 0 Å². The summed E-state index contributed by atoms with van der Waals surface area (Å²) in [6, 6.07) is 10.0. The van der Waals surface area contributed by atoms with Crippen molar-refractivity contribution in [1.29, 1.82) is 0 Å². The maximum absolute atomic E-state index is 10.3. The minimum Gasteiger partial charge on any atom is -0.383 e. The largest absolute Gasteiger partial charge is 0.383 e. The first-order chi connectivity index (χ1) is 6.91. The normalized spacial score (nSPS) is 34.3. The third-order valence-electron chi connectivity index (χ3n) is 2.53. The molecule has 0 spiro atoms. The topological polar surface area (TPSA) is 29.5 Å². The SMILES string of the molecule is CC1(C)CC(C)(O)P(c2ccccc2)O1. The molecular formula is C12H17O2P. The summed E-state index contributed by atoms with van der Waals surface area (Å²) < 4.78 is 5.96. The Morgan fingerprint density at radius 3 is 2.27 bits per heavy atom. The molecule has 1 aromatic rings. The number of aliphatic hydroxyl groups is 1. The summed E-state index contributed by atoms with van der Waals surface area (Å²) in [4.78, 5) is 0. The van der Waals surface area contributed by atoms with E-state index in [0.717, 1.165) is 5.30 Å². The second-order valence-electron chi connectivity index (χ2n) is 4.87. The van der Waals surface area contributed by atoms with Crippen LogP contribution in [0.3, 0.4) is 0 Å². The molecule has 2 rings (SSSR count). The molecule has 2 nitrogen and oxygen atoms in total. The Bertz CT molecular complexity index is 346. The Kier molecular flexibility index (Phi) is 2.62. The van der Waals surface area contributed by atoms with Gasteiger partial charge in [-0.25, -0.2) is 0 Å². The van der Waals surface area contributed by atoms with Crippen LogP contribution in [0.2, 0.25) is 0 Å². The van der Waals surface area contributed by atoms with Crippen LogP contribution in [0, 0.1) is 0 Å². The van der Waals surface area contributed by atoms with Crippen molar-refractivity contribution < 1.29 is 9.63 Å². The van der Waals surface area contributed by atoms with Crippen molar-refractivity contribution in [3.8, 4) is 0 Å². The zero-order valence-corrected chi connectivity index (χ0v) is 10.3. The van der Waals surface area contributed by atoms with E-state index in [4.69, 9.17) is 4.52 Å². The van der Waals surface area contributed by atoms with Crippen LogP contribution in [0.15, 0.2) is 30.3 Å². The monoisotopic (exact) mass is 224 g/mol. The fourth-order valence-corrected chi connectivity index (χ4v) is 4.53. The maximum Gasteiger partial charge on any atom is 0.112 e. The van der Waals surface area contributed by atoms with Crippen molar-refractivity contribution in [1.82, 2.24) is 0 Å². The van der Waals surface area contributed by atoms with Crippen molar-refractivity contribution >= 4 is 13.5 Å². The number of benzene rings is 1. The quantitative estimate of drug-likeness (QED) is 0.743. The standard InChI is InChI=1S/C12H17O2P/c1-11(2)9-12(3,13)15(14-11)10-7-5-4-6-8-10/h4-8,13H,9H2,1-3H3. The highest BCUT2D eigenvalue weighted by atomic mass is 31.1. The van der Waals surface area contributed by atoms with Crippen molar-refractivity contribution in [2.75, 3.05) is 0 Å². The van der Waals surface area contributed by atoms with Crippen LogP contribution >= 0.6 is 8.15 Å². The van der Waals surface area contributed by atoms with Crippen LogP contribution in [0.4, 0.5) is 0 Å². The van der Waals surface area contributed by atoms with E-state index in [2.05, 4.69) is 0 Å². The van der Waals surface area contributed by atoms with Crippen LogP contribution in [-0.2, 0) is 4.52 Å². The third-order valence-corrected chi connectivity index (χ3v) is 5.00. The second kappa shape index (κ2) is 3.55. The summed E-state index contributed by atoms with van der Waals surface area (Å²) in [6.45, 7) is 5.94. The van der Waals surface area contributed by atoms with Gasteiger partial charge in [0.1, 0.15) is 5.34 Å². The summed E-state index contributed by atoms with van der Waals surface area (Å²) in [7, 11) is -0.916. The molecule has 0 bridgehead atoms. The van der Waals surface area contributed by atoms with Crippen LogP contribution < -0.4 is 5.30 Å². The van der Waals surface area contributed by atoms with Gasteiger partial charge in [-0.2, -0.15) is 0 Å². The molecule has 0 radical (unpaired) electrons. The Hall–Kier alpha value is -0.430. The molecule has 1 saturated heterocycles. The van der Waals surface area contributed by atoms with E-state index >= 15 is 0 Å². The van der Waals surface area contributed by atoms with Gasteiger partial charge in [0.2, 0.25) is 0 Å². The van der Waals surface area contributed by atoms with E-state index in [9.17, 15) is 5.11 Å². The summed E-state index contributed by atoms with van der Waals surface area (Å²) in [5, 5.41) is 10.8.